The monoisotopic (exact) mass is 331 g/mol. The average Bonchev–Trinajstić information content (AvgIpc) is 2.22. The fraction of sp³-hybridized carbons (Fsp3) is 0.0909. The molecule has 1 heterocycles. The van der Waals surface area contributed by atoms with E-state index >= 15 is 0 Å². The molecular weight excluding hydrogens is 325 g/mol. The third-order valence-corrected chi connectivity index (χ3v) is 3.42. The van der Waals surface area contributed by atoms with Gasteiger partial charge in [0.05, 0.1) is 5.02 Å². The Morgan fingerprint density at radius 2 is 1.94 bits per heavy atom. The molecule has 88 valence electrons. The maximum absolute atomic E-state index is 6.00. The molecule has 17 heavy (non-hydrogen) atoms. The van der Waals surface area contributed by atoms with E-state index in [9.17, 15) is 0 Å². The van der Waals surface area contributed by atoms with Crippen LogP contribution in [-0.4, -0.2) is 9.97 Å². The zero-order valence-corrected chi connectivity index (χ0v) is 11.9. The molecule has 0 radical (unpaired) electrons. The minimum atomic E-state index is 0.406. The molecular formula is C11H8BrCl2N3. The predicted molar refractivity (Wildman–Crippen MR) is 74.2 cm³/mol. The molecule has 0 aliphatic rings. The number of nitrogens with zero attached hydrogens (tertiary/aromatic N) is 2. The fourth-order valence-corrected chi connectivity index (χ4v) is 1.97. The van der Waals surface area contributed by atoms with Crippen LogP contribution in [0.15, 0.2) is 28.7 Å². The fourth-order valence-electron chi connectivity index (χ4n) is 1.32. The molecule has 0 bridgehead atoms. The van der Waals surface area contributed by atoms with E-state index in [0.29, 0.717) is 21.8 Å². The van der Waals surface area contributed by atoms with Gasteiger partial charge in [0.1, 0.15) is 16.8 Å². The normalized spacial score (nSPS) is 10.4. The molecule has 3 nitrogen and oxygen atoms in total. The molecule has 1 aromatic carbocycles. The maximum atomic E-state index is 6.00. The van der Waals surface area contributed by atoms with Gasteiger partial charge in [-0.2, -0.15) is 0 Å². The maximum Gasteiger partial charge on any atom is 0.135 e. The predicted octanol–water partition coefficient (Wildman–Crippen LogP) is 4.60. The Labute approximate surface area is 117 Å². The number of aryl methyl sites for hydroxylation is 1. The first kappa shape index (κ1) is 12.6. The molecule has 0 amide bonds. The van der Waals surface area contributed by atoms with E-state index in [-0.39, 0.29) is 0 Å². The van der Waals surface area contributed by atoms with Gasteiger partial charge in [-0.1, -0.05) is 23.2 Å². The Morgan fingerprint density at radius 1 is 1.18 bits per heavy atom. The van der Waals surface area contributed by atoms with Gasteiger partial charge in [-0.15, -0.1) is 0 Å². The number of halogens is 3. The van der Waals surface area contributed by atoms with Gasteiger partial charge in [0.25, 0.3) is 0 Å². The van der Waals surface area contributed by atoms with Crippen LogP contribution in [-0.2, 0) is 0 Å². The molecule has 2 aromatic rings. The summed E-state index contributed by atoms with van der Waals surface area (Å²) in [5, 5.41) is 4.15. The van der Waals surface area contributed by atoms with Crippen LogP contribution in [0.4, 0.5) is 11.5 Å². The highest BCUT2D eigenvalue weighted by molar-refractivity contribution is 9.10. The summed E-state index contributed by atoms with van der Waals surface area (Å²) in [5.74, 6) is 1.25. The van der Waals surface area contributed by atoms with Gasteiger partial charge >= 0.3 is 0 Å². The van der Waals surface area contributed by atoms with Crippen LogP contribution in [0.25, 0.3) is 0 Å². The Bertz CT molecular complexity index is 540. The first-order valence-electron chi connectivity index (χ1n) is 4.78. The molecule has 0 saturated carbocycles. The van der Waals surface area contributed by atoms with Crippen LogP contribution >= 0.6 is 39.1 Å². The van der Waals surface area contributed by atoms with Crippen molar-refractivity contribution in [1.82, 2.24) is 9.97 Å². The topological polar surface area (TPSA) is 37.8 Å². The van der Waals surface area contributed by atoms with E-state index in [4.69, 9.17) is 23.2 Å². The van der Waals surface area contributed by atoms with E-state index in [1.807, 2.05) is 12.1 Å². The summed E-state index contributed by atoms with van der Waals surface area (Å²) in [4.78, 5) is 8.21. The van der Waals surface area contributed by atoms with Crippen molar-refractivity contribution in [3.63, 3.8) is 0 Å². The lowest BCUT2D eigenvalue weighted by Gasteiger charge is -2.07. The Balaban J connectivity index is 2.28. The van der Waals surface area contributed by atoms with Crippen molar-refractivity contribution >= 4 is 50.6 Å². The quantitative estimate of drug-likeness (QED) is 0.817. The van der Waals surface area contributed by atoms with Gasteiger partial charge < -0.3 is 5.32 Å². The molecule has 1 aromatic heterocycles. The van der Waals surface area contributed by atoms with E-state index in [1.165, 1.54) is 0 Å². The lowest BCUT2D eigenvalue weighted by molar-refractivity contribution is 1.06. The minimum absolute atomic E-state index is 0.406. The molecule has 0 atom stereocenters. The van der Waals surface area contributed by atoms with Crippen LogP contribution in [0.3, 0.4) is 0 Å². The van der Waals surface area contributed by atoms with E-state index in [0.717, 1.165) is 10.2 Å². The molecule has 0 unspecified atom stereocenters. The molecule has 0 aliphatic carbocycles. The first-order chi connectivity index (χ1) is 8.04. The van der Waals surface area contributed by atoms with Crippen LogP contribution < -0.4 is 5.32 Å². The molecule has 0 spiro atoms. The number of anilines is 2. The van der Waals surface area contributed by atoms with E-state index < -0.39 is 0 Å². The van der Waals surface area contributed by atoms with Crippen LogP contribution in [0.2, 0.25) is 10.2 Å². The highest BCUT2D eigenvalue weighted by Crippen LogP contribution is 2.27. The standard InChI is InChI=1S/C11H8BrCl2N3/c1-6-15-10(14)5-11(16-6)17-7-2-3-8(12)9(13)4-7/h2-5H,1H3,(H,15,16,17). The molecule has 6 heteroatoms. The highest BCUT2D eigenvalue weighted by atomic mass is 79.9. The van der Waals surface area contributed by atoms with Gasteiger partial charge in [0, 0.05) is 16.2 Å². The number of aromatic nitrogens is 2. The molecule has 0 aliphatic heterocycles. The van der Waals surface area contributed by atoms with Crippen molar-refractivity contribution in [1.29, 1.82) is 0 Å². The van der Waals surface area contributed by atoms with Gasteiger partial charge in [-0.3, -0.25) is 0 Å². The number of nitrogens with one attached hydrogen (secondary N) is 1. The number of benzene rings is 1. The lowest BCUT2D eigenvalue weighted by Crippen LogP contribution is -1.97. The van der Waals surface area contributed by atoms with E-state index in [1.54, 1.807) is 19.1 Å². The molecule has 2 rings (SSSR count). The van der Waals surface area contributed by atoms with Crippen molar-refractivity contribution in [2.45, 2.75) is 6.92 Å². The molecule has 0 fully saturated rings. The molecule has 1 N–H and O–H groups in total. The van der Waals surface area contributed by atoms with Gasteiger partial charge in [-0.25, -0.2) is 9.97 Å². The second-order valence-corrected chi connectivity index (χ2v) is 5.03. The summed E-state index contributed by atoms with van der Waals surface area (Å²) in [7, 11) is 0. The molecule has 0 saturated heterocycles. The second kappa shape index (κ2) is 5.21. The lowest BCUT2D eigenvalue weighted by atomic mass is 10.3. The summed E-state index contributed by atoms with van der Waals surface area (Å²) in [6, 6.07) is 7.21. The highest BCUT2D eigenvalue weighted by Gasteiger charge is 2.02. The van der Waals surface area contributed by atoms with Crippen molar-refractivity contribution in [3.05, 3.63) is 44.7 Å². The third kappa shape index (κ3) is 3.31. The van der Waals surface area contributed by atoms with Gasteiger partial charge in [0.15, 0.2) is 0 Å². The zero-order valence-electron chi connectivity index (χ0n) is 8.84. The smallest absolute Gasteiger partial charge is 0.135 e. The second-order valence-electron chi connectivity index (χ2n) is 3.38. The zero-order chi connectivity index (χ0) is 12.4. The third-order valence-electron chi connectivity index (χ3n) is 2.00. The number of hydrogen-bond acceptors (Lipinski definition) is 3. The minimum Gasteiger partial charge on any atom is -0.340 e. The SMILES string of the molecule is Cc1nc(Cl)cc(Nc2ccc(Br)c(Cl)c2)n1. The average molecular weight is 333 g/mol. The first-order valence-corrected chi connectivity index (χ1v) is 6.33. The van der Waals surface area contributed by atoms with Gasteiger partial charge in [0.2, 0.25) is 0 Å². The number of rotatable bonds is 2. The van der Waals surface area contributed by atoms with Crippen LogP contribution in [0, 0.1) is 6.92 Å². The summed E-state index contributed by atoms with van der Waals surface area (Å²) in [5.41, 5.74) is 0.840. The Morgan fingerprint density at radius 3 is 2.59 bits per heavy atom. The number of hydrogen-bond donors (Lipinski definition) is 1. The van der Waals surface area contributed by atoms with Crippen molar-refractivity contribution < 1.29 is 0 Å². The van der Waals surface area contributed by atoms with E-state index in [2.05, 4.69) is 31.2 Å². The summed E-state index contributed by atoms with van der Waals surface area (Å²) in [6.07, 6.45) is 0. The van der Waals surface area contributed by atoms with Crippen molar-refractivity contribution in [3.8, 4) is 0 Å². The largest absolute Gasteiger partial charge is 0.340 e. The summed E-state index contributed by atoms with van der Waals surface area (Å²) in [6.45, 7) is 1.78. The summed E-state index contributed by atoms with van der Waals surface area (Å²) < 4.78 is 0.849. The van der Waals surface area contributed by atoms with Gasteiger partial charge in [-0.05, 0) is 41.1 Å². The Kier molecular flexibility index (Phi) is 3.86. The van der Waals surface area contributed by atoms with Crippen molar-refractivity contribution in [2.24, 2.45) is 0 Å². The van der Waals surface area contributed by atoms with Crippen LogP contribution in [0.1, 0.15) is 5.82 Å². The van der Waals surface area contributed by atoms with Crippen molar-refractivity contribution in [2.75, 3.05) is 5.32 Å². The van der Waals surface area contributed by atoms with Crippen LogP contribution in [0.5, 0.6) is 0 Å². The summed E-state index contributed by atoms with van der Waals surface area (Å²) >= 11 is 15.2. The Hall–Kier alpha value is -0.840.